The van der Waals surface area contributed by atoms with Gasteiger partial charge in [-0.3, -0.25) is 0 Å². The van der Waals surface area contributed by atoms with E-state index in [4.69, 9.17) is 0 Å². The molecular weight excluding hydrogens is 339 g/mol. The molecule has 3 heteroatoms. The molecule has 26 heavy (non-hydrogen) atoms. The first-order chi connectivity index (χ1) is 12.8. The molecule has 1 unspecified atom stereocenters. The summed E-state index contributed by atoms with van der Waals surface area (Å²) in [7, 11) is -0.555. The molecule has 2 N–H and O–H groups in total. The number of phenols is 2. The lowest BCUT2D eigenvalue weighted by Crippen LogP contribution is -2.07. The van der Waals surface area contributed by atoms with Gasteiger partial charge in [0.05, 0.1) is 5.56 Å². The molecule has 1 atom stereocenters. The maximum atomic E-state index is 11.1. The van der Waals surface area contributed by atoms with Gasteiger partial charge in [-0.05, 0) is 44.1 Å². The number of allylic oxidation sites excluding steroid dienone is 1. The van der Waals surface area contributed by atoms with Crippen LogP contribution >= 0.6 is 7.92 Å². The lowest BCUT2D eigenvalue weighted by atomic mass is 9.96. The fourth-order valence-corrected chi connectivity index (χ4v) is 5.60. The number of rotatable bonds is 3. The van der Waals surface area contributed by atoms with Crippen molar-refractivity contribution in [1.29, 1.82) is 0 Å². The Morgan fingerprint density at radius 1 is 0.769 bits per heavy atom. The molecule has 4 rings (SSSR count). The first-order valence-electron chi connectivity index (χ1n) is 8.89. The molecule has 0 amide bonds. The Labute approximate surface area is 155 Å². The Morgan fingerprint density at radius 3 is 2.04 bits per heavy atom. The minimum Gasteiger partial charge on any atom is -0.507 e. The van der Waals surface area contributed by atoms with Crippen molar-refractivity contribution < 1.29 is 10.2 Å². The molecule has 1 aliphatic rings. The van der Waals surface area contributed by atoms with E-state index in [1.807, 2.05) is 66.7 Å². The first-order valence-corrected chi connectivity index (χ1v) is 10.5. The zero-order valence-electron chi connectivity index (χ0n) is 14.5. The molecule has 1 aliphatic heterocycles. The van der Waals surface area contributed by atoms with Crippen molar-refractivity contribution in [3.05, 3.63) is 78.6 Å². The van der Waals surface area contributed by atoms with Gasteiger partial charge in [-0.15, -0.1) is 0 Å². The summed E-state index contributed by atoms with van der Waals surface area (Å²) >= 11 is 0. The smallest absolute Gasteiger partial charge is 0.135 e. The predicted octanol–water partition coefficient (Wildman–Crippen LogP) is 5.85. The second kappa shape index (κ2) is 7.35. The van der Waals surface area contributed by atoms with Crippen LogP contribution in [0.1, 0.15) is 12.8 Å². The van der Waals surface area contributed by atoms with E-state index in [1.54, 1.807) is 0 Å². The van der Waals surface area contributed by atoms with Crippen molar-refractivity contribution in [2.24, 2.45) is 0 Å². The van der Waals surface area contributed by atoms with E-state index < -0.39 is 7.92 Å². The van der Waals surface area contributed by atoms with Crippen LogP contribution in [0.4, 0.5) is 0 Å². The number of benzene rings is 3. The molecule has 0 bridgehead atoms. The monoisotopic (exact) mass is 360 g/mol. The van der Waals surface area contributed by atoms with Gasteiger partial charge in [0.15, 0.2) is 0 Å². The third-order valence-corrected chi connectivity index (χ3v) is 7.09. The Bertz CT molecular complexity index is 933. The lowest BCUT2D eigenvalue weighted by Gasteiger charge is -2.22. The van der Waals surface area contributed by atoms with Crippen LogP contribution in [-0.4, -0.2) is 16.4 Å². The van der Waals surface area contributed by atoms with Gasteiger partial charge in [-0.1, -0.05) is 72.6 Å². The summed E-state index contributed by atoms with van der Waals surface area (Å²) in [6.07, 6.45) is 5.54. The molecule has 0 fully saturated rings. The maximum absolute atomic E-state index is 11.1. The topological polar surface area (TPSA) is 40.5 Å². The van der Waals surface area contributed by atoms with Gasteiger partial charge >= 0.3 is 0 Å². The molecule has 2 nitrogen and oxygen atoms in total. The van der Waals surface area contributed by atoms with Gasteiger partial charge < -0.3 is 10.2 Å². The highest BCUT2D eigenvalue weighted by molar-refractivity contribution is 7.68. The SMILES string of the molecule is Oc1c(-c2ccccc2)cc(P2C=CCCC2)c(O)c1-c1ccccc1. The molecule has 130 valence electrons. The second-order valence-electron chi connectivity index (χ2n) is 6.47. The van der Waals surface area contributed by atoms with Crippen molar-refractivity contribution in [3.63, 3.8) is 0 Å². The molecule has 3 aromatic rings. The van der Waals surface area contributed by atoms with Crippen LogP contribution in [0.25, 0.3) is 22.3 Å². The number of phenolic OH excluding ortho intramolecular Hbond substituents is 2. The van der Waals surface area contributed by atoms with Crippen LogP contribution in [0.15, 0.2) is 78.6 Å². The molecule has 0 saturated heterocycles. The Kier molecular flexibility index (Phi) is 4.77. The van der Waals surface area contributed by atoms with E-state index in [1.165, 1.54) is 0 Å². The standard InChI is InChI=1S/C23H21O2P/c24-22-19(17-10-4-1-5-11-17)16-20(26-14-8-3-9-15-26)23(25)21(22)18-12-6-2-7-13-18/h1-2,4-8,10-14,16,24-25H,3,9,15H2. The minimum atomic E-state index is -0.555. The molecule has 0 saturated carbocycles. The predicted molar refractivity (Wildman–Crippen MR) is 110 cm³/mol. The number of hydrogen-bond acceptors (Lipinski definition) is 2. The second-order valence-corrected chi connectivity index (χ2v) is 8.63. The summed E-state index contributed by atoms with van der Waals surface area (Å²) in [6.45, 7) is 0. The van der Waals surface area contributed by atoms with Gasteiger partial charge in [0.25, 0.3) is 0 Å². The van der Waals surface area contributed by atoms with Crippen molar-refractivity contribution in [2.45, 2.75) is 12.8 Å². The summed E-state index contributed by atoms with van der Waals surface area (Å²) in [5.74, 6) is 2.60. The van der Waals surface area contributed by atoms with Gasteiger partial charge in [0.1, 0.15) is 11.5 Å². The number of aromatic hydroxyl groups is 2. The molecule has 0 aromatic heterocycles. The van der Waals surface area contributed by atoms with Gasteiger partial charge in [0.2, 0.25) is 0 Å². The fraction of sp³-hybridized carbons (Fsp3) is 0.130. The Balaban J connectivity index is 1.98. The zero-order chi connectivity index (χ0) is 17.9. The number of hydrogen-bond donors (Lipinski definition) is 2. The van der Waals surface area contributed by atoms with E-state index in [2.05, 4.69) is 11.9 Å². The van der Waals surface area contributed by atoms with Crippen molar-refractivity contribution in [1.82, 2.24) is 0 Å². The summed E-state index contributed by atoms with van der Waals surface area (Å²) in [4.78, 5) is 0. The normalized spacial score (nSPS) is 16.5. The maximum Gasteiger partial charge on any atom is 0.135 e. The lowest BCUT2D eigenvalue weighted by molar-refractivity contribution is 0.458. The Hall–Kier alpha value is -2.57. The summed E-state index contributed by atoms with van der Waals surface area (Å²) in [5.41, 5.74) is 3.10. The molecule has 0 aliphatic carbocycles. The van der Waals surface area contributed by atoms with Crippen molar-refractivity contribution >= 4 is 13.2 Å². The largest absolute Gasteiger partial charge is 0.507 e. The van der Waals surface area contributed by atoms with E-state index in [9.17, 15) is 10.2 Å². The van der Waals surface area contributed by atoms with Gasteiger partial charge in [0, 0.05) is 10.9 Å². The third-order valence-electron chi connectivity index (χ3n) is 4.76. The average Bonchev–Trinajstić information content (AvgIpc) is 2.70. The van der Waals surface area contributed by atoms with Crippen LogP contribution in [0.3, 0.4) is 0 Å². The van der Waals surface area contributed by atoms with E-state index in [0.29, 0.717) is 5.56 Å². The van der Waals surface area contributed by atoms with Crippen LogP contribution in [0.2, 0.25) is 0 Å². The first kappa shape index (κ1) is 16.9. The molecular formula is C23H21O2P. The highest BCUT2D eigenvalue weighted by Gasteiger charge is 2.23. The summed E-state index contributed by atoms with van der Waals surface area (Å²) < 4.78 is 0. The van der Waals surface area contributed by atoms with Crippen molar-refractivity contribution in [3.8, 4) is 33.8 Å². The Morgan fingerprint density at radius 2 is 1.42 bits per heavy atom. The average molecular weight is 360 g/mol. The third kappa shape index (κ3) is 3.13. The zero-order valence-corrected chi connectivity index (χ0v) is 15.4. The van der Waals surface area contributed by atoms with Crippen LogP contribution < -0.4 is 5.30 Å². The van der Waals surface area contributed by atoms with Crippen molar-refractivity contribution in [2.75, 3.05) is 6.16 Å². The molecule has 1 heterocycles. The van der Waals surface area contributed by atoms with E-state index >= 15 is 0 Å². The van der Waals surface area contributed by atoms with E-state index in [-0.39, 0.29) is 11.5 Å². The highest BCUT2D eigenvalue weighted by Crippen LogP contribution is 2.50. The molecule has 3 aromatic carbocycles. The minimum absolute atomic E-state index is 0.139. The van der Waals surface area contributed by atoms with Crippen LogP contribution in [0.5, 0.6) is 11.5 Å². The van der Waals surface area contributed by atoms with E-state index in [0.717, 1.165) is 41.0 Å². The quantitative estimate of drug-likeness (QED) is 0.576. The molecule has 0 spiro atoms. The summed E-state index contributed by atoms with van der Waals surface area (Å²) in [5, 5.41) is 23.0. The molecule has 0 radical (unpaired) electrons. The fourth-order valence-electron chi connectivity index (χ4n) is 3.44. The van der Waals surface area contributed by atoms with Crippen LogP contribution in [-0.2, 0) is 0 Å². The van der Waals surface area contributed by atoms with Crippen LogP contribution in [0, 0.1) is 0 Å². The van der Waals surface area contributed by atoms with Gasteiger partial charge in [-0.2, -0.15) is 0 Å². The van der Waals surface area contributed by atoms with Gasteiger partial charge in [-0.25, -0.2) is 0 Å². The summed E-state index contributed by atoms with van der Waals surface area (Å²) in [6, 6.07) is 21.5. The highest BCUT2D eigenvalue weighted by atomic mass is 31.1.